The molecule has 2 aromatic carbocycles. The summed E-state index contributed by atoms with van der Waals surface area (Å²) in [5.74, 6) is 0.525. The van der Waals surface area contributed by atoms with Crippen molar-refractivity contribution in [2.24, 2.45) is 0 Å². The van der Waals surface area contributed by atoms with Crippen molar-refractivity contribution in [3.8, 4) is 11.5 Å². The second kappa shape index (κ2) is 7.57. The highest BCUT2D eigenvalue weighted by Gasteiger charge is 2.15. The molecule has 0 fully saturated rings. The molecule has 0 unspecified atom stereocenters. The molecule has 0 saturated heterocycles. The minimum Gasteiger partial charge on any atom is -0.497 e. The number of carbonyl (C=O) groups is 1. The van der Waals surface area contributed by atoms with Gasteiger partial charge >= 0.3 is 0 Å². The Bertz CT molecular complexity index is 945. The molecule has 1 aromatic heterocycles. The van der Waals surface area contributed by atoms with Crippen LogP contribution in [-0.2, 0) is 4.79 Å². The van der Waals surface area contributed by atoms with E-state index in [1.54, 1.807) is 49.4 Å². The molecule has 0 radical (unpaired) electrons. The molecule has 0 aliphatic heterocycles. The van der Waals surface area contributed by atoms with E-state index in [-0.39, 0.29) is 18.3 Å². The second-order valence-corrected chi connectivity index (χ2v) is 6.56. The Hall–Kier alpha value is -2.87. The number of hydrogen-bond acceptors (Lipinski definition) is 6. The van der Waals surface area contributed by atoms with E-state index < -0.39 is 0 Å². The highest BCUT2D eigenvalue weighted by atomic mass is 32.1. The minimum absolute atomic E-state index is 0.0661. The van der Waals surface area contributed by atoms with Crippen molar-refractivity contribution < 1.29 is 18.7 Å². The minimum atomic E-state index is -0.370. The van der Waals surface area contributed by atoms with Gasteiger partial charge in [-0.1, -0.05) is 17.4 Å². The molecule has 0 aliphatic carbocycles. The summed E-state index contributed by atoms with van der Waals surface area (Å²) in [6.45, 7) is 0.0661. The number of rotatable bonds is 6. The van der Waals surface area contributed by atoms with E-state index in [0.717, 1.165) is 4.70 Å². The van der Waals surface area contributed by atoms with Crippen molar-refractivity contribution >= 4 is 38.3 Å². The Balaban J connectivity index is 1.72. The molecule has 136 valence electrons. The lowest BCUT2D eigenvalue weighted by Crippen LogP contribution is -2.30. The fourth-order valence-corrected chi connectivity index (χ4v) is 3.38. The molecule has 0 spiro atoms. The number of anilines is 2. The summed E-state index contributed by atoms with van der Waals surface area (Å²) in [5, 5.41) is 3.37. The van der Waals surface area contributed by atoms with Crippen molar-refractivity contribution in [2.75, 3.05) is 38.0 Å². The summed E-state index contributed by atoms with van der Waals surface area (Å²) >= 11 is 1.33. The molecule has 0 aliphatic rings. The SMILES string of the molecule is COc1ccc(NC(=O)CN(C)c2nc3c(F)cccc3s2)c(OC)c1. The van der Waals surface area contributed by atoms with Crippen molar-refractivity contribution in [3.63, 3.8) is 0 Å². The number of hydrogen-bond donors (Lipinski definition) is 1. The van der Waals surface area contributed by atoms with Gasteiger partial charge in [-0.25, -0.2) is 9.37 Å². The van der Waals surface area contributed by atoms with E-state index >= 15 is 0 Å². The molecule has 1 heterocycles. The molecule has 1 amide bonds. The lowest BCUT2D eigenvalue weighted by atomic mass is 10.2. The number of amides is 1. The first-order valence-electron chi connectivity index (χ1n) is 7.80. The Morgan fingerprint density at radius 1 is 1.27 bits per heavy atom. The van der Waals surface area contributed by atoms with Gasteiger partial charge in [0.05, 0.1) is 31.2 Å². The van der Waals surface area contributed by atoms with Crippen molar-refractivity contribution in [3.05, 3.63) is 42.2 Å². The van der Waals surface area contributed by atoms with Gasteiger partial charge in [-0.15, -0.1) is 0 Å². The number of aromatic nitrogens is 1. The van der Waals surface area contributed by atoms with Gasteiger partial charge in [-0.3, -0.25) is 4.79 Å². The zero-order valence-corrected chi connectivity index (χ0v) is 15.4. The Morgan fingerprint density at radius 2 is 2.08 bits per heavy atom. The zero-order valence-electron chi connectivity index (χ0n) is 14.6. The van der Waals surface area contributed by atoms with Gasteiger partial charge in [0, 0.05) is 13.1 Å². The number of halogens is 1. The van der Waals surface area contributed by atoms with E-state index in [0.29, 0.717) is 27.8 Å². The van der Waals surface area contributed by atoms with Gasteiger partial charge in [0.2, 0.25) is 5.91 Å². The van der Waals surface area contributed by atoms with Crippen LogP contribution in [0.2, 0.25) is 0 Å². The van der Waals surface area contributed by atoms with Crippen LogP contribution in [-0.4, -0.2) is 38.7 Å². The first kappa shape index (κ1) is 17.9. The first-order chi connectivity index (χ1) is 12.5. The predicted molar refractivity (Wildman–Crippen MR) is 101 cm³/mol. The molecule has 3 aromatic rings. The summed E-state index contributed by atoms with van der Waals surface area (Å²) in [5.41, 5.74) is 0.860. The fraction of sp³-hybridized carbons (Fsp3) is 0.222. The average molecular weight is 375 g/mol. The lowest BCUT2D eigenvalue weighted by molar-refractivity contribution is -0.114. The summed E-state index contributed by atoms with van der Waals surface area (Å²) in [7, 11) is 4.81. The van der Waals surface area contributed by atoms with Crippen molar-refractivity contribution in [1.82, 2.24) is 4.98 Å². The molecule has 3 rings (SSSR count). The molecule has 8 heteroatoms. The Morgan fingerprint density at radius 3 is 2.77 bits per heavy atom. The summed E-state index contributed by atoms with van der Waals surface area (Å²) in [6, 6.07) is 9.95. The normalized spacial score (nSPS) is 10.6. The number of benzene rings is 2. The average Bonchev–Trinajstić information content (AvgIpc) is 3.08. The third-order valence-electron chi connectivity index (χ3n) is 3.75. The van der Waals surface area contributed by atoms with E-state index in [2.05, 4.69) is 10.3 Å². The van der Waals surface area contributed by atoms with Gasteiger partial charge in [-0.2, -0.15) is 0 Å². The summed E-state index contributed by atoms with van der Waals surface area (Å²) in [4.78, 5) is 18.3. The van der Waals surface area contributed by atoms with Crippen LogP contribution >= 0.6 is 11.3 Å². The third-order valence-corrected chi connectivity index (χ3v) is 4.88. The van der Waals surface area contributed by atoms with E-state index in [4.69, 9.17) is 9.47 Å². The van der Waals surface area contributed by atoms with Crippen LogP contribution in [0, 0.1) is 5.82 Å². The van der Waals surface area contributed by atoms with Crippen LogP contribution in [0.5, 0.6) is 11.5 Å². The predicted octanol–water partition coefficient (Wildman–Crippen LogP) is 3.53. The fourth-order valence-electron chi connectivity index (χ4n) is 2.44. The lowest BCUT2D eigenvalue weighted by Gasteiger charge is -2.16. The summed E-state index contributed by atoms with van der Waals surface area (Å²) < 4.78 is 24.9. The smallest absolute Gasteiger partial charge is 0.244 e. The Kier molecular flexibility index (Phi) is 5.22. The number of methoxy groups -OCH3 is 2. The molecule has 0 atom stereocenters. The van der Waals surface area contributed by atoms with Crippen LogP contribution in [0.15, 0.2) is 36.4 Å². The van der Waals surface area contributed by atoms with Gasteiger partial charge in [-0.05, 0) is 24.3 Å². The molecular weight excluding hydrogens is 357 g/mol. The van der Waals surface area contributed by atoms with Crippen molar-refractivity contribution in [1.29, 1.82) is 0 Å². The maximum absolute atomic E-state index is 13.8. The molecule has 1 N–H and O–H groups in total. The molecule has 6 nitrogen and oxygen atoms in total. The zero-order chi connectivity index (χ0) is 18.7. The molecule has 0 bridgehead atoms. The molecular formula is C18H18FN3O3S. The summed E-state index contributed by atoms with van der Waals surface area (Å²) in [6.07, 6.45) is 0. The topological polar surface area (TPSA) is 63.7 Å². The number of nitrogens with zero attached hydrogens (tertiary/aromatic N) is 2. The van der Waals surface area contributed by atoms with Gasteiger partial charge < -0.3 is 19.7 Å². The third kappa shape index (κ3) is 3.70. The number of carbonyl (C=O) groups excluding carboxylic acids is 1. The largest absolute Gasteiger partial charge is 0.497 e. The molecule has 0 saturated carbocycles. The first-order valence-corrected chi connectivity index (χ1v) is 8.61. The second-order valence-electron chi connectivity index (χ2n) is 5.55. The maximum Gasteiger partial charge on any atom is 0.244 e. The highest BCUT2D eigenvalue weighted by Crippen LogP contribution is 2.31. The number of thiazole rings is 1. The number of para-hydroxylation sites is 1. The molecule has 26 heavy (non-hydrogen) atoms. The van der Waals surface area contributed by atoms with Crippen LogP contribution in [0.1, 0.15) is 0 Å². The van der Waals surface area contributed by atoms with Crippen molar-refractivity contribution in [2.45, 2.75) is 0 Å². The maximum atomic E-state index is 13.8. The van der Waals surface area contributed by atoms with Gasteiger partial charge in [0.25, 0.3) is 0 Å². The van der Waals surface area contributed by atoms with E-state index in [1.165, 1.54) is 24.5 Å². The Labute approximate surface area is 154 Å². The van der Waals surface area contributed by atoms with Crippen LogP contribution in [0.4, 0.5) is 15.2 Å². The number of nitrogens with one attached hydrogen (secondary N) is 1. The monoisotopic (exact) mass is 375 g/mol. The van der Waals surface area contributed by atoms with E-state index in [9.17, 15) is 9.18 Å². The highest BCUT2D eigenvalue weighted by molar-refractivity contribution is 7.22. The number of likely N-dealkylation sites (N-methyl/N-ethyl adjacent to an activating group) is 1. The standard InChI is InChI=1S/C18H18FN3O3S/c1-22(18-21-17-12(19)5-4-6-15(17)26-18)10-16(23)20-13-8-7-11(24-2)9-14(13)25-3/h4-9H,10H2,1-3H3,(H,20,23). The van der Waals surface area contributed by atoms with Crippen LogP contribution in [0.25, 0.3) is 10.2 Å². The van der Waals surface area contributed by atoms with Crippen LogP contribution in [0.3, 0.4) is 0 Å². The van der Waals surface area contributed by atoms with Crippen LogP contribution < -0.4 is 19.7 Å². The van der Waals surface area contributed by atoms with Gasteiger partial charge in [0.1, 0.15) is 22.8 Å². The quantitative estimate of drug-likeness (QED) is 0.714. The van der Waals surface area contributed by atoms with E-state index in [1.807, 2.05) is 0 Å². The number of ether oxygens (including phenoxy) is 2. The number of fused-ring (bicyclic) bond motifs is 1. The van der Waals surface area contributed by atoms with Gasteiger partial charge in [0.15, 0.2) is 5.13 Å².